The van der Waals surface area contributed by atoms with E-state index in [0.29, 0.717) is 5.69 Å². The van der Waals surface area contributed by atoms with Crippen molar-refractivity contribution in [3.05, 3.63) is 30.6 Å². The summed E-state index contributed by atoms with van der Waals surface area (Å²) in [7, 11) is 0. The van der Waals surface area contributed by atoms with Crippen LogP contribution in [0, 0.1) is 0 Å². The Kier molecular flexibility index (Phi) is 3.66. The molecule has 2 aromatic heterocycles. The molecular weight excluding hydrogens is 254 g/mol. The summed E-state index contributed by atoms with van der Waals surface area (Å²) in [6.07, 6.45) is 3.71. The predicted molar refractivity (Wildman–Crippen MR) is 77.2 cm³/mol. The second-order valence-corrected chi connectivity index (χ2v) is 4.98. The summed E-state index contributed by atoms with van der Waals surface area (Å²) in [5.41, 5.74) is 8.21. The molecule has 1 aliphatic rings. The molecule has 2 atom stereocenters. The average Bonchev–Trinajstić information content (AvgIpc) is 2.90. The van der Waals surface area contributed by atoms with Crippen LogP contribution in [0.1, 0.15) is 13.0 Å². The Balaban J connectivity index is 1.85. The highest BCUT2D eigenvalue weighted by atomic mass is 16.5. The van der Waals surface area contributed by atoms with Crippen LogP contribution >= 0.6 is 0 Å². The summed E-state index contributed by atoms with van der Waals surface area (Å²) in [5, 5.41) is 7.91. The third kappa shape index (κ3) is 2.52. The van der Waals surface area contributed by atoms with Crippen LogP contribution in [-0.2, 0) is 4.74 Å². The van der Waals surface area contributed by atoms with Crippen molar-refractivity contribution in [2.24, 2.45) is 0 Å². The molecule has 3 heterocycles. The van der Waals surface area contributed by atoms with Gasteiger partial charge < -0.3 is 15.8 Å². The van der Waals surface area contributed by atoms with Gasteiger partial charge in [0, 0.05) is 25.5 Å². The third-order valence-electron chi connectivity index (χ3n) is 3.58. The Hall–Kier alpha value is -1.92. The maximum Gasteiger partial charge on any atom is 0.134 e. The predicted octanol–water partition coefficient (Wildman–Crippen LogP) is 1.08. The average molecular weight is 273 g/mol. The first-order valence-corrected chi connectivity index (χ1v) is 6.84. The fourth-order valence-electron chi connectivity index (χ4n) is 2.38. The van der Waals surface area contributed by atoms with E-state index in [1.807, 2.05) is 29.1 Å². The van der Waals surface area contributed by atoms with Crippen molar-refractivity contribution in [2.45, 2.75) is 19.1 Å². The molecule has 2 unspecified atom stereocenters. The first-order chi connectivity index (χ1) is 9.75. The van der Waals surface area contributed by atoms with Gasteiger partial charge in [-0.05, 0) is 19.1 Å². The number of hydrogen-bond acceptors (Lipinski definition) is 5. The van der Waals surface area contributed by atoms with Crippen LogP contribution in [0.3, 0.4) is 0 Å². The summed E-state index contributed by atoms with van der Waals surface area (Å²) in [6, 6.07) is 5.84. The number of nitrogens with one attached hydrogen (secondary N) is 1. The van der Waals surface area contributed by atoms with Gasteiger partial charge in [-0.1, -0.05) is 6.07 Å². The zero-order valence-corrected chi connectivity index (χ0v) is 11.5. The highest BCUT2D eigenvalue weighted by Gasteiger charge is 2.23. The normalized spacial score (nSPS) is 20.8. The van der Waals surface area contributed by atoms with Gasteiger partial charge in [-0.25, -0.2) is 0 Å². The zero-order valence-electron chi connectivity index (χ0n) is 11.5. The van der Waals surface area contributed by atoms with Crippen molar-refractivity contribution >= 4 is 5.69 Å². The molecule has 0 bridgehead atoms. The van der Waals surface area contributed by atoms with Crippen LogP contribution in [0.4, 0.5) is 5.69 Å². The minimum atomic E-state index is 0.111. The Labute approximate surface area is 118 Å². The molecule has 20 heavy (non-hydrogen) atoms. The number of hydrogen-bond donors (Lipinski definition) is 2. The second-order valence-electron chi connectivity index (χ2n) is 4.98. The number of nitrogen functional groups attached to an aromatic ring is 1. The van der Waals surface area contributed by atoms with Crippen LogP contribution in [0.5, 0.6) is 0 Å². The van der Waals surface area contributed by atoms with Crippen LogP contribution in [0.25, 0.3) is 11.4 Å². The maximum absolute atomic E-state index is 6.06. The van der Waals surface area contributed by atoms with Crippen LogP contribution in [-0.4, -0.2) is 40.6 Å². The van der Waals surface area contributed by atoms with Crippen molar-refractivity contribution in [2.75, 3.05) is 25.4 Å². The molecule has 0 aliphatic carbocycles. The SMILES string of the molecule is CC(C1CNCCO1)n1cc(N)c(-c2ccccn2)n1. The summed E-state index contributed by atoms with van der Waals surface area (Å²) in [5.74, 6) is 0. The monoisotopic (exact) mass is 273 g/mol. The lowest BCUT2D eigenvalue weighted by Crippen LogP contribution is -2.42. The van der Waals surface area contributed by atoms with E-state index in [1.165, 1.54) is 0 Å². The number of nitrogens with zero attached hydrogens (tertiary/aromatic N) is 3. The minimum Gasteiger partial charge on any atom is -0.396 e. The molecule has 6 nitrogen and oxygen atoms in total. The molecule has 6 heteroatoms. The van der Waals surface area contributed by atoms with Crippen molar-refractivity contribution in [3.8, 4) is 11.4 Å². The van der Waals surface area contributed by atoms with Gasteiger partial charge in [0.05, 0.1) is 30.1 Å². The van der Waals surface area contributed by atoms with Crippen LogP contribution < -0.4 is 11.1 Å². The Morgan fingerprint density at radius 2 is 2.40 bits per heavy atom. The number of rotatable bonds is 3. The van der Waals surface area contributed by atoms with E-state index in [1.54, 1.807) is 6.20 Å². The molecule has 2 aromatic rings. The molecule has 106 valence electrons. The summed E-state index contributed by atoms with van der Waals surface area (Å²) < 4.78 is 7.64. The van der Waals surface area contributed by atoms with E-state index < -0.39 is 0 Å². The van der Waals surface area contributed by atoms with Crippen LogP contribution in [0.15, 0.2) is 30.6 Å². The first-order valence-electron chi connectivity index (χ1n) is 6.84. The molecule has 3 rings (SSSR count). The molecule has 0 amide bonds. The number of pyridine rings is 1. The smallest absolute Gasteiger partial charge is 0.134 e. The Morgan fingerprint density at radius 1 is 1.50 bits per heavy atom. The lowest BCUT2D eigenvalue weighted by molar-refractivity contribution is -0.00313. The largest absolute Gasteiger partial charge is 0.396 e. The number of nitrogens with two attached hydrogens (primary N) is 1. The summed E-state index contributed by atoms with van der Waals surface area (Å²) >= 11 is 0. The van der Waals surface area contributed by atoms with Gasteiger partial charge >= 0.3 is 0 Å². The van der Waals surface area contributed by atoms with Crippen molar-refractivity contribution < 1.29 is 4.74 Å². The number of ether oxygens (including phenoxy) is 1. The van der Waals surface area contributed by atoms with Gasteiger partial charge in [-0.3, -0.25) is 9.67 Å². The lowest BCUT2D eigenvalue weighted by Gasteiger charge is -2.28. The van der Waals surface area contributed by atoms with E-state index in [2.05, 4.69) is 22.3 Å². The molecule has 1 saturated heterocycles. The zero-order chi connectivity index (χ0) is 13.9. The molecule has 1 fully saturated rings. The van der Waals surface area contributed by atoms with Gasteiger partial charge in [-0.15, -0.1) is 0 Å². The van der Waals surface area contributed by atoms with Gasteiger partial charge in [0.25, 0.3) is 0 Å². The quantitative estimate of drug-likeness (QED) is 0.875. The van der Waals surface area contributed by atoms with E-state index in [0.717, 1.165) is 31.1 Å². The molecule has 3 N–H and O–H groups in total. The lowest BCUT2D eigenvalue weighted by atomic mass is 10.1. The van der Waals surface area contributed by atoms with Gasteiger partial charge in [0.1, 0.15) is 5.69 Å². The molecule has 0 radical (unpaired) electrons. The van der Waals surface area contributed by atoms with Crippen molar-refractivity contribution in [1.29, 1.82) is 0 Å². The van der Waals surface area contributed by atoms with Gasteiger partial charge in [0.2, 0.25) is 0 Å². The highest BCUT2D eigenvalue weighted by molar-refractivity contribution is 5.68. The van der Waals surface area contributed by atoms with E-state index in [-0.39, 0.29) is 12.1 Å². The molecule has 1 aliphatic heterocycles. The van der Waals surface area contributed by atoms with E-state index in [4.69, 9.17) is 10.5 Å². The maximum atomic E-state index is 6.06. The van der Waals surface area contributed by atoms with Gasteiger partial charge in [0.15, 0.2) is 0 Å². The number of morpholine rings is 1. The van der Waals surface area contributed by atoms with Gasteiger partial charge in [-0.2, -0.15) is 5.10 Å². The number of aromatic nitrogens is 3. The summed E-state index contributed by atoms with van der Waals surface area (Å²) in [6.45, 7) is 4.56. The fourth-order valence-corrected chi connectivity index (χ4v) is 2.38. The topological polar surface area (TPSA) is 78.0 Å². The molecule has 0 aromatic carbocycles. The van der Waals surface area contributed by atoms with Crippen LogP contribution in [0.2, 0.25) is 0 Å². The molecule has 0 saturated carbocycles. The molecule has 0 spiro atoms. The fraction of sp³-hybridized carbons (Fsp3) is 0.429. The van der Waals surface area contributed by atoms with E-state index >= 15 is 0 Å². The first kappa shape index (κ1) is 13.1. The molecular formula is C14H19N5O. The number of anilines is 1. The minimum absolute atomic E-state index is 0.111. The van der Waals surface area contributed by atoms with E-state index in [9.17, 15) is 0 Å². The Morgan fingerprint density at radius 3 is 3.10 bits per heavy atom. The highest BCUT2D eigenvalue weighted by Crippen LogP contribution is 2.25. The third-order valence-corrected chi connectivity index (χ3v) is 3.58. The standard InChI is InChI=1S/C14H19N5O/c1-10(13-8-16-6-7-20-13)19-9-11(15)14(18-19)12-4-2-3-5-17-12/h2-5,9-10,13,16H,6-8,15H2,1H3. The second kappa shape index (κ2) is 5.60. The Bertz CT molecular complexity index is 562. The summed E-state index contributed by atoms with van der Waals surface area (Å²) in [4.78, 5) is 4.30. The van der Waals surface area contributed by atoms with Crippen molar-refractivity contribution in [3.63, 3.8) is 0 Å². The van der Waals surface area contributed by atoms with Crippen molar-refractivity contribution in [1.82, 2.24) is 20.1 Å².